The Kier molecular flexibility index (Phi) is 5.17. The number of carbonyl (C=O) groups is 2. The molecular weight excluding hydrogens is 248 g/mol. The number of hydrogen-bond acceptors (Lipinski definition) is 3. The van der Waals surface area contributed by atoms with Gasteiger partial charge in [-0.15, -0.1) is 0 Å². The Morgan fingerprint density at radius 2 is 2.11 bits per heavy atom. The van der Waals surface area contributed by atoms with Gasteiger partial charge in [0.25, 0.3) is 0 Å². The Morgan fingerprint density at radius 3 is 2.63 bits per heavy atom. The quantitative estimate of drug-likeness (QED) is 0.791. The summed E-state index contributed by atoms with van der Waals surface area (Å²) in [6.45, 7) is 6.32. The van der Waals surface area contributed by atoms with Crippen LogP contribution >= 0.6 is 0 Å². The number of ether oxygens (including phenoxy) is 1. The standard InChI is InChI=1S/C13H24N2O4/c1-5-10-9(6-7-19-10)8-14-12(18)15(4)13(2,3)11(16)17/h9-10H,5-8H2,1-4H3,(H,14,18)(H,16,17). The van der Waals surface area contributed by atoms with Crippen molar-refractivity contribution in [3.8, 4) is 0 Å². The van der Waals surface area contributed by atoms with E-state index in [0.29, 0.717) is 12.5 Å². The van der Waals surface area contributed by atoms with E-state index in [9.17, 15) is 9.59 Å². The molecule has 1 aliphatic heterocycles. The van der Waals surface area contributed by atoms with Gasteiger partial charge in [-0.1, -0.05) is 6.92 Å². The summed E-state index contributed by atoms with van der Waals surface area (Å²) < 4.78 is 5.55. The number of amides is 2. The Balaban J connectivity index is 2.49. The Hall–Kier alpha value is -1.30. The van der Waals surface area contributed by atoms with E-state index in [0.717, 1.165) is 19.4 Å². The zero-order valence-corrected chi connectivity index (χ0v) is 12.1. The van der Waals surface area contributed by atoms with Crippen LogP contribution in [0.3, 0.4) is 0 Å². The summed E-state index contributed by atoms with van der Waals surface area (Å²) in [5.74, 6) is -0.712. The zero-order valence-electron chi connectivity index (χ0n) is 12.1. The van der Waals surface area contributed by atoms with E-state index >= 15 is 0 Å². The number of carboxylic acids is 1. The van der Waals surface area contributed by atoms with Crippen LogP contribution in [0.5, 0.6) is 0 Å². The largest absolute Gasteiger partial charge is 0.480 e. The fourth-order valence-electron chi connectivity index (χ4n) is 2.11. The van der Waals surface area contributed by atoms with Gasteiger partial charge in [0, 0.05) is 26.1 Å². The molecule has 1 aliphatic rings. The molecule has 6 nitrogen and oxygen atoms in total. The van der Waals surface area contributed by atoms with Gasteiger partial charge in [-0.25, -0.2) is 9.59 Å². The summed E-state index contributed by atoms with van der Waals surface area (Å²) in [4.78, 5) is 24.3. The van der Waals surface area contributed by atoms with Gasteiger partial charge in [0.15, 0.2) is 0 Å². The van der Waals surface area contributed by atoms with Crippen molar-refractivity contribution in [2.24, 2.45) is 5.92 Å². The summed E-state index contributed by atoms with van der Waals surface area (Å²) in [5, 5.41) is 11.9. The zero-order chi connectivity index (χ0) is 14.6. The van der Waals surface area contributed by atoms with Crippen molar-refractivity contribution in [3.05, 3.63) is 0 Å². The fourth-order valence-corrected chi connectivity index (χ4v) is 2.11. The van der Waals surface area contributed by atoms with Crippen LogP contribution in [-0.2, 0) is 9.53 Å². The number of nitrogens with one attached hydrogen (secondary N) is 1. The van der Waals surface area contributed by atoms with Gasteiger partial charge in [0.05, 0.1) is 6.10 Å². The van der Waals surface area contributed by atoms with E-state index in [4.69, 9.17) is 9.84 Å². The highest BCUT2D eigenvalue weighted by molar-refractivity contribution is 5.85. The average molecular weight is 272 g/mol. The second kappa shape index (κ2) is 6.23. The number of nitrogens with zero attached hydrogens (tertiary/aromatic N) is 1. The molecule has 1 rings (SSSR count). The maximum absolute atomic E-state index is 12.0. The molecule has 2 atom stereocenters. The van der Waals surface area contributed by atoms with Crippen LogP contribution in [0.2, 0.25) is 0 Å². The summed E-state index contributed by atoms with van der Waals surface area (Å²) in [7, 11) is 1.49. The molecule has 0 saturated carbocycles. The Morgan fingerprint density at radius 1 is 1.47 bits per heavy atom. The van der Waals surface area contributed by atoms with Gasteiger partial charge in [0.2, 0.25) is 0 Å². The molecule has 19 heavy (non-hydrogen) atoms. The first-order chi connectivity index (χ1) is 8.80. The van der Waals surface area contributed by atoms with Crippen LogP contribution in [0.25, 0.3) is 0 Å². The lowest BCUT2D eigenvalue weighted by atomic mass is 10.00. The lowest BCUT2D eigenvalue weighted by Gasteiger charge is -2.32. The SMILES string of the molecule is CCC1OCCC1CNC(=O)N(C)C(C)(C)C(=O)O. The second-order valence-electron chi connectivity index (χ2n) is 5.48. The van der Waals surface area contributed by atoms with Crippen LogP contribution in [0.15, 0.2) is 0 Å². The van der Waals surface area contributed by atoms with Gasteiger partial charge in [-0.05, 0) is 26.7 Å². The van der Waals surface area contributed by atoms with Gasteiger partial charge in [-0.2, -0.15) is 0 Å². The van der Waals surface area contributed by atoms with Gasteiger partial charge < -0.3 is 20.1 Å². The van der Waals surface area contributed by atoms with Crippen molar-refractivity contribution < 1.29 is 19.4 Å². The fraction of sp³-hybridized carbons (Fsp3) is 0.846. The first kappa shape index (κ1) is 15.8. The van der Waals surface area contributed by atoms with E-state index in [2.05, 4.69) is 12.2 Å². The first-order valence-corrected chi connectivity index (χ1v) is 6.67. The van der Waals surface area contributed by atoms with Crippen molar-refractivity contribution in [2.45, 2.75) is 45.3 Å². The molecule has 0 aromatic carbocycles. The summed E-state index contributed by atoms with van der Waals surface area (Å²) in [6.07, 6.45) is 2.06. The summed E-state index contributed by atoms with van der Waals surface area (Å²) in [5.41, 5.74) is -1.22. The second-order valence-corrected chi connectivity index (χ2v) is 5.48. The minimum Gasteiger partial charge on any atom is -0.480 e. The number of urea groups is 1. The predicted octanol–water partition coefficient (Wildman–Crippen LogP) is 1.31. The maximum Gasteiger partial charge on any atom is 0.329 e. The van der Waals surface area contributed by atoms with Gasteiger partial charge in [0.1, 0.15) is 5.54 Å². The van der Waals surface area contributed by atoms with Crippen molar-refractivity contribution in [1.82, 2.24) is 10.2 Å². The molecule has 0 aromatic rings. The van der Waals surface area contributed by atoms with Crippen LogP contribution in [0, 0.1) is 5.92 Å². The normalized spacial score (nSPS) is 23.2. The average Bonchev–Trinajstić information content (AvgIpc) is 2.81. The van der Waals surface area contributed by atoms with E-state index < -0.39 is 11.5 Å². The monoisotopic (exact) mass is 272 g/mol. The molecule has 0 aromatic heterocycles. The molecule has 2 N–H and O–H groups in total. The molecule has 0 radical (unpaired) electrons. The van der Waals surface area contributed by atoms with Crippen LogP contribution in [0.4, 0.5) is 4.79 Å². The molecule has 0 aliphatic carbocycles. The van der Waals surface area contributed by atoms with Crippen molar-refractivity contribution in [1.29, 1.82) is 0 Å². The molecular formula is C13H24N2O4. The van der Waals surface area contributed by atoms with E-state index in [1.165, 1.54) is 25.8 Å². The van der Waals surface area contributed by atoms with E-state index in [1.54, 1.807) is 0 Å². The highest BCUT2D eigenvalue weighted by Crippen LogP contribution is 2.22. The predicted molar refractivity (Wildman–Crippen MR) is 71.0 cm³/mol. The number of carbonyl (C=O) groups excluding carboxylic acids is 1. The topological polar surface area (TPSA) is 78.9 Å². The Labute approximate surface area is 114 Å². The molecule has 2 amide bonds. The number of hydrogen-bond donors (Lipinski definition) is 2. The number of carboxylic acid groups (broad SMARTS) is 1. The molecule has 2 unspecified atom stereocenters. The Bertz CT molecular complexity index is 344. The maximum atomic E-state index is 12.0. The van der Waals surface area contributed by atoms with Gasteiger partial charge >= 0.3 is 12.0 Å². The summed E-state index contributed by atoms with van der Waals surface area (Å²) in [6, 6.07) is -0.367. The molecule has 0 bridgehead atoms. The van der Waals surface area contributed by atoms with E-state index in [1.807, 2.05) is 0 Å². The van der Waals surface area contributed by atoms with Crippen LogP contribution < -0.4 is 5.32 Å². The minimum absolute atomic E-state index is 0.193. The van der Waals surface area contributed by atoms with Crippen molar-refractivity contribution >= 4 is 12.0 Å². The third-order valence-corrected chi connectivity index (χ3v) is 3.93. The number of rotatable bonds is 5. The van der Waals surface area contributed by atoms with Gasteiger partial charge in [-0.3, -0.25) is 0 Å². The minimum atomic E-state index is -1.22. The first-order valence-electron chi connectivity index (χ1n) is 6.67. The molecule has 1 saturated heterocycles. The van der Waals surface area contributed by atoms with Crippen LogP contribution in [0.1, 0.15) is 33.6 Å². The number of likely N-dealkylation sites (N-methyl/N-ethyl adjacent to an activating group) is 1. The lowest BCUT2D eigenvalue weighted by Crippen LogP contribution is -2.54. The molecule has 110 valence electrons. The van der Waals surface area contributed by atoms with Crippen molar-refractivity contribution in [3.63, 3.8) is 0 Å². The lowest BCUT2D eigenvalue weighted by molar-refractivity contribution is -0.146. The smallest absolute Gasteiger partial charge is 0.329 e. The number of aliphatic carboxylic acids is 1. The van der Waals surface area contributed by atoms with E-state index in [-0.39, 0.29) is 12.1 Å². The summed E-state index contributed by atoms with van der Waals surface area (Å²) >= 11 is 0. The highest BCUT2D eigenvalue weighted by Gasteiger charge is 2.36. The molecule has 1 heterocycles. The molecule has 1 fully saturated rings. The highest BCUT2D eigenvalue weighted by atomic mass is 16.5. The third kappa shape index (κ3) is 3.59. The molecule has 0 spiro atoms. The molecule has 6 heteroatoms. The van der Waals surface area contributed by atoms with Crippen molar-refractivity contribution in [2.75, 3.05) is 20.2 Å². The third-order valence-electron chi connectivity index (χ3n) is 3.93. The van der Waals surface area contributed by atoms with Crippen LogP contribution in [-0.4, -0.2) is 53.8 Å².